The number of carbonyl (C=O) groups excluding carboxylic acids is 1. The first-order valence-corrected chi connectivity index (χ1v) is 8.01. The molecule has 0 radical (unpaired) electrons. The summed E-state index contributed by atoms with van der Waals surface area (Å²) in [6.07, 6.45) is -0.554. The van der Waals surface area contributed by atoms with Crippen LogP contribution in [0.3, 0.4) is 0 Å². The molecule has 2 rings (SSSR count). The van der Waals surface area contributed by atoms with Crippen molar-refractivity contribution in [3.05, 3.63) is 59.2 Å². The van der Waals surface area contributed by atoms with Gasteiger partial charge in [-0.2, -0.15) is 0 Å². The third-order valence-electron chi connectivity index (χ3n) is 4.01. The summed E-state index contributed by atoms with van der Waals surface area (Å²) in [6.45, 7) is 10.1. The Kier molecular flexibility index (Phi) is 5.43. The zero-order valence-corrected chi connectivity index (χ0v) is 14.5. The Balaban J connectivity index is 1.97. The molecule has 0 saturated carbocycles. The number of aryl methyl sites for hydroxylation is 2. The molecule has 2 aromatic rings. The zero-order chi connectivity index (χ0) is 17.0. The van der Waals surface area contributed by atoms with E-state index >= 15 is 0 Å². The molecule has 0 heterocycles. The van der Waals surface area contributed by atoms with Gasteiger partial charge in [0.15, 0.2) is 6.10 Å². The minimum Gasteiger partial charge on any atom is -0.481 e. The van der Waals surface area contributed by atoms with E-state index in [4.69, 9.17) is 4.74 Å². The standard InChI is InChI=1S/C20H25NO2/c1-13(2)17-7-9-18(10-8-17)21-20(22)16(5)23-19-11-6-14(3)15(4)12-19/h6-13,16H,1-5H3,(H,21,22)/t16-/m0/s1. The van der Waals surface area contributed by atoms with Crippen LogP contribution in [0.2, 0.25) is 0 Å². The second kappa shape index (κ2) is 7.32. The maximum atomic E-state index is 12.3. The van der Waals surface area contributed by atoms with Gasteiger partial charge in [0, 0.05) is 5.69 Å². The number of anilines is 1. The molecule has 0 aliphatic heterocycles. The number of carbonyl (C=O) groups is 1. The van der Waals surface area contributed by atoms with Crippen LogP contribution in [0.15, 0.2) is 42.5 Å². The average molecular weight is 311 g/mol. The number of rotatable bonds is 5. The van der Waals surface area contributed by atoms with E-state index < -0.39 is 6.10 Å². The molecule has 0 aliphatic carbocycles. The maximum Gasteiger partial charge on any atom is 0.265 e. The number of hydrogen-bond acceptors (Lipinski definition) is 2. The van der Waals surface area contributed by atoms with Crippen molar-refractivity contribution in [2.75, 3.05) is 5.32 Å². The van der Waals surface area contributed by atoms with E-state index in [1.165, 1.54) is 11.1 Å². The molecule has 1 amide bonds. The van der Waals surface area contributed by atoms with Crippen molar-refractivity contribution >= 4 is 11.6 Å². The Hall–Kier alpha value is -2.29. The summed E-state index contributed by atoms with van der Waals surface area (Å²) in [5, 5.41) is 2.89. The predicted molar refractivity (Wildman–Crippen MR) is 95.2 cm³/mol. The summed E-state index contributed by atoms with van der Waals surface area (Å²) in [5.74, 6) is 1.04. The van der Waals surface area contributed by atoms with Gasteiger partial charge in [-0.3, -0.25) is 4.79 Å². The minimum atomic E-state index is -0.554. The van der Waals surface area contributed by atoms with Crippen LogP contribution in [0.25, 0.3) is 0 Å². The van der Waals surface area contributed by atoms with E-state index in [1.54, 1.807) is 6.92 Å². The second-order valence-corrected chi connectivity index (χ2v) is 6.27. The molecule has 0 fully saturated rings. The number of hydrogen-bond donors (Lipinski definition) is 1. The van der Waals surface area contributed by atoms with Crippen molar-refractivity contribution in [2.45, 2.75) is 46.6 Å². The molecule has 3 nitrogen and oxygen atoms in total. The Morgan fingerprint density at radius 1 is 0.957 bits per heavy atom. The quantitative estimate of drug-likeness (QED) is 0.858. The lowest BCUT2D eigenvalue weighted by molar-refractivity contribution is -0.122. The molecule has 0 spiro atoms. The van der Waals surface area contributed by atoms with Crippen LogP contribution >= 0.6 is 0 Å². The molecule has 0 bridgehead atoms. The van der Waals surface area contributed by atoms with Crippen LogP contribution in [-0.2, 0) is 4.79 Å². The van der Waals surface area contributed by atoms with Gasteiger partial charge in [0.1, 0.15) is 5.75 Å². The fourth-order valence-corrected chi connectivity index (χ4v) is 2.24. The Morgan fingerprint density at radius 3 is 2.17 bits per heavy atom. The van der Waals surface area contributed by atoms with Crippen molar-refractivity contribution < 1.29 is 9.53 Å². The second-order valence-electron chi connectivity index (χ2n) is 6.27. The van der Waals surface area contributed by atoms with E-state index in [-0.39, 0.29) is 5.91 Å². The van der Waals surface area contributed by atoms with Gasteiger partial charge in [-0.1, -0.05) is 32.0 Å². The summed E-state index contributed by atoms with van der Waals surface area (Å²) in [5.41, 5.74) is 4.40. The Morgan fingerprint density at radius 2 is 1.61 bits per heavy atom. The van der Waals surface area contributed by atoms with Crippen molar-refractivity contribution in [1.82, 2.24) is 0 Å². The monoisotopic (exact) mass is 311 g/mol. The van der Waals surface area contributed by atoms with Gasteiger partial charge in [-0.05, 0) is 67.6 Å². The molecular formula is C20H25NO2. The number of amides is 1. The van der Waals surface area contributed by atoms with E-state index in [2.05, 4.69) is 26.1 Å². The average Bonchev–Trinajstić information content (AvgIpc) is 2.51. The number of benzene rings is 2. The largest absolute Gasteiger partial charge is 0.481 e. The first-order chi connectivity index (χ1) is 10.9. The molecule has 2 aromatic carbocycles. The Labute approximate surface area is 138 Å². The molecule has 0 unspecified atom stereocenters. The first kappa shape index (κ1) is 17.1. The molecule has 1 atom stereocenters. The maximum absolute atomic E-state index is 12.3. The number of ether oxygens (including phenoxy) is 1. The van der Waals surface area contributed by atoms with Crippen LogP contribution < -0.4 is 10.1 Å². The van der Waals surface area contributed by atoms with Crippen LogP contribution in [0.5, 0.6) is 5.75 Å². The smallest absolute Gasteiger partial charge is 0.265 e. The van der Waals surface area contributed by atoms with Gasteiger partial charge in [0.25, 0.3) is 5.91 Å². The zero-order valence-electron chi connectivity index (χ0n) is 14.5. The van der Waals surface area contributed by atoms with Gasteiger partial charge in [-0.25, -0.2) is 0 Å². The van der Waals surface area contributed by atoms with Gasteiger partial charge in [0.2, 0.25) is 0 Å². The molecule has 3 heteroatoms. The van der Waals surface area contributed by atoms with Crippen LogP contribution in [0.1, 0.15) is 43.4 Å². The van der Waals surface area contributed by atoms with Gasteiger partial charge >= 0.3 is 0 Å². The van der Waals surface area contributed by atoms with E-state index in [0.717, 1.165) is 11.3 Å². The van der Waals surface area contributed by atoms with E-state index in [0.29, 0.717) is 11.7 Å². The molecule has 1 N–H and O–H groups in total. The normalized spacial score (nSPS) is 12.1. The SMILES string of the molecule is Cc1ccc(O[C@@H](C)C(=O)Nc2ccc(C(C)C)cc2)cc1C. The van der Waals surface area contributed by atoms with E-state index in [1.807, 2.05) is 49.4 Å². The third kappa shape index (κ3) is 4.59. The van der Waals surface area contributed by atoms with Gasteiger partial charge in [0.05, 0.1) is 0 Å². The summed E-state index contributed by atoms with van der Waals surface area (Å²) in [7, 11) is 0. The fourth-order valence-electron chi connectivity index (χ4n) is 2.24. The highest BCUT2D eigenvalue weighted by molar-refractivity contribution is 5.94. The Bertz CT molecular complexity index is 675. The minimum absolute atomic E-state index is 0.152. The molecule has 0 saturated heterocycles. The lowest BCUT2D eigenvalue weighted by Crippen LogP contribution is -2.30. The summed E-state index contributed by atoms with van der Waals surface area (Å²) in [4.78, 5) is 12.3. The van der Waals surface area contributed by atoms with E-state index in [9.17, 15) is 4.79 Å². The third-order valence-corrected chi connectivity index (χ3v) is 4.01. The topological polar surface area (TPSA) is 38.3 Å². The number of nitrogens with one attached hydrogen (secondary N) is 1. The van der Waals surface area contributed by atoms with Crippen molar-refractivity contribution in [1.29, 1.82) is 0 Å². The summed E-state index contributed by atoms with van der Waals surface area (Å²) < 4.78 is 5.73. The first-order valence-electron chi connectivity index (χ1n) is 8.01. The lowest BCUT2D eigenvalue weighted by atomic mass is 10.0. The highest BCUT2D eigenvalue weighted by Crippen LogP contribution is 2.19. The van der Waals surface area contributed by atoms with Crippen molar-refractivity contribution in [3.63, 3.8) is 0 Å². The van der Waals surface area contributed by atoms with Crippen LogP contribution in [-0.4, -0.2) is 12.0 Å². The van der Waals surface area contributed by atoms with Gasteiger partial charge < -0.3 is 10.1 Å². The van der Waals surface area contributed by atoms with Crippen LogP contribution in [0, 0.1) is 13.8 Å². The fraction of sp³-hybridized carbons (Fsp3) is 0.350. The molecule has 0 aromatic heterocycles. The van der Waals surface area contributed by atoms with Crippen molar-refractivity contribution in [2.24, 2.45) is 0 Å². The predicted octanol–water partition coefficient (Wildman–Crippen LogP) is 4.83. The van der Waals surface area contributed by atoms with Gasteiger partial charge in [-0.15, -0.1) is 0 Å². The molecule has 122 valence electrons. The molecular weight excluding hydrogens is 286 g/mol. The van der Waals surface area contributed by atoms with Crippen molar-refractivity contribution in [3.8, 4) is 5.75 Å². The highest BCUT2D eigenvalue weighted by Gasteiger charge is 2.15. The lowest BCUT2D eigenvalue weighted by Gasteiger charge is -2.16. The summed E-state index contributed by atoms with van der Waals surface area (Å²) in [6, 6.07) is 13.8. The molecule has 23 heavy (non-hydrogen) atoms. The highest BCUT2D eigenvalue weighted by atomic mass is 16.5. The van der Waals surface area contributed by atoms with Crippen LogP contribution in [0.4, 0.5) is 5.69 Å². The summed E-state index contributed by atoms with van der Waals surface area (Å²) >= 11 is 0. The molecule has 0 aliphatic rings.